The van der Waals surface area contributed by atoms with Crippen LogP contribution in [0, 0.1) is 17.1 Å². The highest BCUT2D eigenvalue weighted by Gasteiger charge is 2.13. The zero-order chi connectivity index (χ0) is 20.6. The fourth-order valence-corrected chi connectivity index (χ4v) is 3.15. The number of benzene rings is 2. The zero-order valence-electron chi connectivity index (χ0n) is 16.2. The van der Waals surface area contributed by atoms with Crippen molar-refractivity contribution in [2.45, 2.75) is 13.0 Å². The third-order valence-corrected chi connectivity index (χ3v) is 4.59. The number of amides is 1. The molecule has 1 amide bonds. The van der Waals surface area contributed by atoms with E-state index in [2.05, 4.69) is 5.32 Å². The van der Waals surface area contributed by atoms with Crippen LogP contribution >= 0.6 is 0 Å². The monoisotopic (exact) mass is 391 g/mol. The van der Waals surface area contributed by atoms with Crippen LogP contribution in [0.25, 0.3) is 17.0 Å². The van der Waals surface area contributed by atoms with Gasteiger partial charge in [-0.15, -0.1) is 0 Å². The molecule has 0 aliphatic rings. The topological polar surface area (TPSA) is 67.0 Å². The number of nitriles is 1. The molecule has 0 saturated heterocycles. The lowest BCUT2D eigenvalue weighted by molar-refractivity contribution is -0.117. The van der Waals surface area contributed by atoms with Crippen LogP contribution < -0.4 is 5.32 Å². The second-order valence-electron chi connectivity index (χ2n) is 6.59. The van der Waals surface area contributed by atoms with Gasteiger partial charge < -0.3 is 14.6 Å². The third-order valence-electron chi connectivity index (χ3n) is 4.59. The largest absolute Gasteiger partial charge is 0.385 e. The van der Waals surface area contributed by atoms with E-state index >= 15 is 0 Å². The van der Waals surface area contributed by atoms with E-state index in [0.717, 1.165) is 16.5 Å². The molecular weight excluding hydrogens is 369 g/mol. The predicted molar refractivity (Wildman–Crippen MR) is 111 cm³/mol. The minimum Gasteiger partial charge on any atom is -0.385 e. The lowest BCUT2D eigenvalue weighted by Gasteiger charge is -2.06. The maximum Gasteiger partial charge on any atom is 0.261 e. The number of methoxy groups -OCH3 is 1. The molecule has 0 bridgehead atoms. The van der Waals surface area contributed by atoms with Gasteiger partial charge in [-0.3, -0.25) is 4.79 Å². The molecule has 2 aromatic carbocycles. The minimum atomic E-state index is -0.422. The van der Waals surface area contributed by atoms with Gasteiger partial charge in [0.1, 0.15) is 17.5 Å². The molecule has 3 rings (SSSR count). The summed E-state index contributed by atoms with van der Waals surface area (Å²) in [7, 11) is 1.60. The van der Waals surface area contributed by atoms with Crippen molar-refractivity contribution in [1.82, 2.24) is 9.88 Å². The standard InChI is InChI=1S/C23H22FN3O2/c1-29-12-6-11-26-23(28)18(14-25)13-19-16-27(22-10-5-3-8-20(19)22)15-17-7-2-4-9-21(17)24/h2-5,7-10,13,16H,6,11-12,15H2,1H3,(H,26,28)/b18-13+. The smallest absolute Gasteiger partial charge is 0.261 e. The molecule has 0 atom stereocenters. The van der Waals surface area contributed by atoms with Crippen LogP contribution in [0.1, 0.15) is 17.5 Å². The summed E-state index contributed by atoms with van der Waals surface area (Å²) >= 11 is 0. The van der Waals surface area contributed by atoms with Gasteiger partial charge >= 0.3 is 0 Å². The minimum absolute atomic E-state index is 0.0243. The highest BCUT2D eigenvalue weighted by molar-refractivity contribution is 6.04. The van der Waals surface area contributed by atoms with Crippen LogP contribution in [0.5, 0.6) is 0 Å². The number of hydrogen-bond donors (Lipinski definition) is 1. The van der Waals surface area contributed by atoms with Crippen LogP contribution in [-0.4, -0.2) is 30.7 Å². The fourth-order valence-electron chi connectivity index (χ4n) is 3.15. The molecule has 0 aliphatic heterocycles. The Morgan fingerprint density at radius 3 is 2.76 bits per heavy atom. The Kier molecular flexibility index (Phi) is 6.77. The Morgan fingerprint density at radius 1 is 1.24 bits per heavy atom. The Balaban J connectivity index is 1.91. The molecule has 148 valence electrons. The van der Waals surface area contributed by atoms with Gasteiger partial charge in [-0.05, 0) is 24.6 Å². The zero-order valence-corrected chi connectivity index (χ0v) is 16.2. The maximum atomic E-state index is 14.1. The first-order valence-electron chi connectivity index (χ1n) is 9.34. The molecule has 3 aromatic rings. The molecule has 0 fully saturated rings. The number of nitrogens with zero attached hydrogens (tertiary/aromatic N) is 2. The molecule has 1 heterocycles. The number of hydrogen-bond acceptors (Lipinski definition) is 3. The first kappa shape index (κ1) is 20.3. The maximum absolute atomic E-state index is 14.1. The molecular formula is C23H22FN3O2. The van der Waals surface area contributed by atoms with E-state index in [9.17, 15) is 14.4 Å². The van der Waals surface area contributed by atoms with Crippen LogP contribution in [0.4, 0.5) is 4.39 Å². The van der Waals surface area contributed by atoms with Crippen molar-refractivity contribution in [2.24, 2.45) is 0 Å². The van der Waals surface area contributed by atoms with Gasteiger partial charge in [0.15, 0.2) is 0 Å². The number of ether oxygens (including phenoxy) is 1. The van der Waals surface area contributed by atoms with Crippen molar-refractivity contribution in [1.29, 1.82) is 5.26 Å². The molecule has 0 radical (unpaired) electrons. The highest BCUT2D eigenvalue weighted by Crippen LogP contribution is 2.25. The Hall–Kier alpha value is -3.43. The van der Waals surface area contributed by atoms with E-state index < -0.39 is 5.91 Å². The average Bonchev–Trinajstić information content (AvgIpc) is 3.08. The van der Waals surface area contributed by atoms with Gasteiger partial charge in [-0.2, -0.15) is 5.26 Å². The van der Waals surface area contributed by atoms with Crippen LogP contribution in [0.2, 0.25) is 0 Å². The van der Waals surface area contributed by atoms with Crippen molar-refractivity contribution < 1.29 is 13.9 Å². The van der Waals surface area contributed by atoms with E-state index in [1.807, 2.05) is 41.1 Å². The first-order chi connectivity index (χ1) is 14.1. The van der Waals surface area contributed by atoms with Crippen molar-refractivity contribution in [3.63, 3.8) is 0 Å². The summed E-state index contributed by atoms with van der Waals surface area (Å²) < 4.78 is 21.0. The molecule has 0 spiro atoms. The number of nitrogens with one attached hydrogen (secondary N) is 1. The molecule has 29 heavy (non-hydrogen) atoms. The normalized spacial score (nSPS) is 11.4. The Morgan fingerprint density at radius 2 is 2.00 bits per heavy atom. The molecule has 0 saturated carbocycles. The van der Waals surface area contributed by atoms with Crippen molar-refractivity contribution in [3.05, 3.63) is 77.2 Å². The summed E-state index contributed by atoms with van der Waals surface area (Å²) in [5.41, 5.74) is 2.23. The van der Waals surface area contributed by atoms with E-state index in [1.54, 1.807) is 31.4 Å². The van der Waals surface area contributed by atoms with E-state index in [0.29, 0.717) is 31.7 Å². The van der Waals surface area contributed by atoms with Crippen molar-refractivity contribution in [2.75, 3.05) is 20.3 Å². The summed E-state index contributed by atoms with van der Waals surface area (Å²) in [5.74, 6) is -0.690. The van der Waals surface area contributed by atoms with Crippen molar-refractivity contribution >= 4 is 22.9 Å². The molecule has 6 heteroatoms. The lowest BCUT2D eigenvalue weighted by atomic mass is 10.1. The van der Waals surface area contributed by atoms with Gasteiger partial charge in [-0.25, -0.2) is 4.39 Å². The van der Waals surface area contributed by atoms with Gasteiger partial charge in [0.05, 0.1) is 6.54 Å². The van der Waals surface area contributed by atoms with Crippen molar-refractivity contribution in [3.8, 4) is 6.07 Å². The van der Waals surface area contributed by atoms with E-state index in [4.69, 9.17) is 4.74 Å². The summed E-state index contributed by atoms with van der Waals surface area (Å²) in [6, 6.07) is 16.3. The number of halogens is 1. The van der Waals surface area contributed by atoms with E-state index in [-0.39, 0.29) is 11.4 Å². The Bertz CT molecular complexity index is 1080. The summed E-state index contributed by atoms with van der Waals surface area (Å²) in [4.78, 5) is 12.3. The molecule has 0 aliphatic carbocycles. The van der Waals surface area contributed by atoms with E-state index in [1.165, 1.54) is 6.07 Å². The van der Waals surface area contributed by atoms with Gasteiger partial charge in [0.25, 0.3) is 5.91 Å². The Labute approximate surface area is 169 Å². The molecule has 1 aromatic heterocycles. The number of carbonyl (C=O) groups excluding carboxylic acids is 1. The SMILES string of the molecule is COCCCNC(=O)/C(C#N)=C/c1cn(Cc2ccccc2F)c2ccccc12. The average molecular weight is 391 g/mol. The number of carbonyl (C=O) groups is 1. The first-order valence-corrected chi connectivity index (χ1v) is 9.34. The number of aromatic nitrogens is 1. The highest BCUT2D eigenvalue weighted by atomic mass is 19.1. The lowest BCUT2D eigenvalue weighted by Crippen LogP contribution is -2.26. The summed E-state index contributed by atoms with van der Waals surface area (Å²) in [6.07, 6.45) is 4.08. The number of para-hydroxylation sites is 1. The fraction of sp³-hybridized carbons (Fsp3) is 0.217. The third kappa shape index (κ3) is 4.89. The molecule has 1 N–H and O–H groups in total. The van der Waals surface area contributed by atoms with Gasteiger partial charge in [0, 0.05) is 48.5 Å². The van der Waals surface area contributed by atoms with Crippen LogP contribution in [0.3, 0.4) is 0 Å². The number of rotatable bonds is 8. The van der Waals surface area contributed by atoms with Gasteiger partial charge in [0.2, 0.25) is 0 Å². The van der Waals surface area contributed by atoms with Crippen LogP contribution in [0.15, 0.2) is 60.3 Å². The second-order valence-corrected chi connectivity index (χ2v) is 6.59. The summed E-state index contributed by atoms with van der Waals surface area (Å²) in [5, 5.41) is 13.1. The predicted octanol–water partition coefficient (Wildman–Crippen LogP) is 3.89. The number of fused-ring (bicyclic) bond motifs is 1. The van der Waals surface area contributed by atoms with Gasteiger partial charge in [-0.1, -0.05) is 36.4 Å². The van der Waals surface area contributed by atoms with Crippen LogP contribution in [-0.2, 0) is 16.1 Å². The molecule has 0 unspecified atom stereocenters. The molecule has 5 nitrogen and oxygen atoms in total. The second kappa shape index (κ2) is 9.67. The summed E-state index contributed by atoms with van der Waals surface area (Å²) in [6.45, 7) is 1.32. The quantitative estimate of drug-likeness (QED) is 0.360.